The maximum atomic E-state index is 9.28. The van der Waals surface area contributed by atoms with Crippen LogP contribution in [0.5, 0.6) is 0 Å². The minimum atomic E-state index is -0.0816. The second kappa shape index (κ2) is 6.47. The average Bonchev–Trinajstić information content (AvgIpc) is 2.45. The molecule has 1 aromatic rings. The van der Waals surface area contributed by atoms with Gasteiger partial charge in [-0.25, -0.2) is 9.97 Å². The van der Waals surface area contributed by atoms with Crippen LogP contribution in [0.4, 0.5) is 5.82 Å². The van der Waals surface area contributed by atoms with Crippen LogP contribution in [0.1, 0.15) is 37.8 Å². The molecule has 6 heteroatoms. The lowest BCUT2D eigenvalue weighted by molar-refractivity contribution is 0.289. The van der Waals surface area contributed by atoms with E-state index < -0.39 is 0 Å². The number of amidine groups is 1. The predicted octanol–water partition coefficient (Wildman–Crippen LogP) is 0.892. The van der Waals surface area contributed by atoms with Gasteiger partial charge in [0.25, 0.3) is 0 Å². The highest BCUT2D eigenvalue weighted by molar-refractivity contribution is 5.97. The Balaban J connectivity index is 2.29. The number of nitrogen functional groups attached to an aromatic ring is 1. The lowest BCUT2D eigenvalue weighted by Crippen LogP contribution is -2.40. The normalized spacial score (nSPS) is 16.3. The van der Waals surface area contributed by atoms with E-state index in [1.54, 1.807) is 6.20 Å². The number of aromatic nitrogens is 2. The van der Waals surface area contributed by atoms with Crippen molar-refractivity contribution in [2.75, 3.05) is 18.1 Å². The third-order valence-electron chi connectivity index (χ3n) is 3.56. The smallest absolute Gasteiger partial charge is 0.158 e. The molecule has 0 spiro atoms. The van der Waals surface area contributed by atoms with Crippen molar-refractivity contribution < 1.29 is 5.11 Å². The van der Waals surface area contributed by atoms with E-state index in [9.17, 15) is 5.11 Å². The van der Waals surface area contributed by atoms with Crippen molar-refractivity contribution in [1.82, 2.24) is 9.97 Å². The number of aliphatic hydroxyl groups excluding tert-OH is 1. The first-order valence-corrected chi connectivity index (χ1v) is 6.77. The highest BCUT2D eigenvalue weighted by atomic mass is 16.3. The van der Waals surface area contributed by atoms with E-state index in [0.717, 1.165) is 12.8 Å². The second-order valence-corrected chi connectivity index (χ2v) is 4.85. The van der Waals surface area contributed by atoms with E-state index >= 15 is 0 Å². The van der Waals surface area contributed by atoms with Crippen LogP contribution in [0.3, 0.4) is 0 Å². The molecule has 1 saturated carbocycles. The van der Waals surface area contributed by atoms with Crippen LogP contribution in [0.2, 0.25) is 0 Å². The number of hydrogen-bond donors (Lipinski definition) is 3. The van der Waals surface area contributed by atoms with E-state index in [4.69, 9.17) is 11.1 Å². The lowest BCUT2D eigenvalue weighted by atomic mass is 9.94. The minimum absolute atomic E-state index is 0.0599. The van der Waals surface area contributed by atoms with Gasteiger partial charge >= 0.3 is 0 Å². The Labute approximate surface area is 113 Å². The van der Waals surface area contributed by atoms with Gasteiger partial charge in [-0.2, -0.15) is 0 Å². The second-order valence-electron chi connectivity index (χ2n) is 4.85. The number of hydrogen-bond acceptors (Lipinski definition) is 5. The molecule has 1 aromatic heterocycles. The maximum Gasteiger partial charge on any atom is 0.158 e. The van der Waals surface area contributed by atoms with E-state index in [1.807, 2.05) is 0 Å². The maximum absolute atomic E-state index is 9.28. The predicted molar refractivity (Wildman–Crippen MR) is 74.4 cm³/mol. The summed E-state index contributed by atoms with van der Waals surface area (Å²) >= 11 is 0. The largest absolute Gasteiger partial charge is 0.395 e. The van der Waals surface area contributed by atoms with Gasteiger partial charge in [-0.15, -0.1) is 0 Å². The monoisotopic (exact) mass is 263 g/mol. The average molecular weight is 263 g/mol. The zero-order valence-electron chi connectivity index (χ0n) is 11.0. The van der Waals surface area contributed by atoms with Gasteiger partial charge in [-0.1, -0.05) is 19.3 Å². The van der Waals surface area contributed by atoms with Crippen molar-refractivity contribution >= 4 is 11.7 Å². The number of aliphatic hydroxyl groups is 1. The number of nitrogens with two attached hydrogens (primary N) is 1. The van der Waals surface area contributed by atoms with E-state index in [-0.39, 0.29) is 12.4 Å². The number of rotatable bonds is 5. The van der Waals surface area contributed by atoms with Gasteiger partial charge in [-0.05, 0) is 12.8 Å². The first kappa shape index (κ1) is 13.7. The fourth-order valence-electron chi connectivity index (χ4n) is 2.69. The van der Waals surface area contributed by atoms with Gasteiger partial charge in [0.1, 0.15) is 11.5 Å². The van der Waals surface area contributed by atoms with Crippen molar-refractivity contribution in [2.45, 2.75) is 38.1 Å². The molecule has 0 aromatic carbocycles. The quantitative estimate of drug-likeness (QED) is 0.541. The molecular weight excluding hydrogens is 242 g/mol. The van der Waals surface area contributed by atoms with Crippen molar-refractivity contribution in [3.05, 3.63) is 18.1 Å². The number of nitrogens with zero attached hydrogens (tertiary/aromatic N) is 3. The Kier molecular flexibility index (Phi) is 4.68. The summed E-state index contributed by atoms with van der Waals surface area (Å²) in [6.45, 7) is 0.564. The summed E-state index contributed by atoms with van der Waals surface area (Å²) in [4.78, 5) is 10.5. The Morgan fingerprint density at radius 3 is 2.63 bits per heavy atom. The SMILES string of the molecule is N=C(N)c1nccnc1N(CCO)C1CCCCC1. The fourth-order valence-corrected chi connectivity index (χ4v) is 2.69. The van der Waals surface area contributed by atoms with Crippen LogP contribution in [-0.2, 0) is 0 Å². The molecule has 0 bridgehead atoms. The summed E-state index contributed by atoms with van der Waals surface area (Å²) in [6.07, 6.45) is 8.99. The molecule has 1 aliphatic carbocycles. The molecule has 4 N–H and O–H groups in total. The van der Waals surface area contributed by atoms with Crippen LogP contribution in [0.15, 0.2) is 12.4 Å². The molecule has 104 valence electrons. The van der Waals surface area contributed by atoms with Crippen LogP contribution in [-0.4, -0.2) is 40.1 Å². The van der Waals surface area contributed by atoms with Crippen LogP contribution < -0.4 is 10.6 Å². The molecule has 6 nitrogen and oxygen atoms in total. The molecular formula is C13H21N5O. The minimum Gasteiger partial charge on any atom is -0.395 e. The molecule has 0 aliphatic heterocycles. The lowest BCUT2D eigenvalue weighted by Gasteiger charge is -2.35. The Bertz CT molecular complexity index is 431. The first-order valence-electron chi connectivity index (χ1n) is 6.77. The van der Waals surface area contributed by atoms with Crippen molar-refractivity contribution in [2.24, 2.45) is 5.73 Å². The number of nitrogens with one attached hydrogen (secondary N) is 1. The molecule has 1 heterocycles. The summed E-state index contributed by atoms with van der Waals surface area (Å²) < 4.78 is 0. The summed E-state index contributed by atoms with van der Waals surface area (Å²) in [5.74, 6) is 0.540. The molecule has 19 heavy (non-hydrogen) atoms. The van der Waals surface area contributed by atoms with E-state index in [0.29, 0.717) is 24.1 Å². The zero-order valence-corrected chi connectivity index (χ0v) is 11.0. The number of anilines is 1. The molecule has 1 fully saturated rings. The summed E-state index contributed by atoms with van der Waals surface area (Å²) in [5.41, 5.74) is 5.97. The highest BCUT2D eigenvalue weighted by Crippen LogP contribution is 2.27. The van der Waals surface area contributed by atoms with Crippen molar-refractivity contribution in [3.63, 3.8) is 0 Å². The van der Waals surface area contributed by atoms with Gasteiger partial charge in [0.2, 0.25) is 0 Å². The first-order chi connectivity index (χ1) is 9.24. The van der Waals surface area contributed by atoms with Crippen LogP contribution >= 0.6 is 0 Å². The molecule has 0 atom stereocenters. The van der Waals surface area contributed by atoms with Gasteiger partial charge in [0.15, 0.2) is 5.82 Å². The Hall–Kier alpha value is -1.69. The fraction of sp³-hybridized carbons (Fsp3) is 0.615. The molecule has 2 rings (SSSR count). The Morgan fingerprint density at radius 1 is 1.32 bits per heavy atom. The van der Waals surface area contributed by atoms with Gasteiger partial charge < -0.3 is 15.7 Å². The van der Waals surface area contributed by atoms with Crippen molar-refractivity contribution in [3.8, 4) is 0 Å². The molecule has 0 saturated heterocycles. The third-order valence-corrected chi connectivity index (χ3v) is 3.56. The molecule has 0 radical (unpaired) electrons. The summed E-state index contributed by atoms with van der Waals surface area (Å²) in [5, 5.41) is 16.9. The third kappa shape index (κ3) is 3.20. The van der Waals surface area contributed by atoms with E-state index in [2.05, 4.69) is 14.9 Å². The molecule has 0 amide bonds. The van der Waals surface area contributed by atoms with E-state index in [1.165, 1.54) is 25.5 Å². The molecule has 1 aliphatic rings. The Morgan fingerprint density at radius 2 is 2.00 bits per heavy atom. The van der Waals surface area contributed by atoms with Gasteiger partial charge in [0.05, 0.1) is 6.61 Å². The molecule has 0 unspecified atom stereocenters. The van der Waals surface area contributed by atoms with Crippen LogP contribution in [0, 0.1) is 5.41 Å². The van der Waals surface area contributed by atoms with Crippen LogP contribution in [0.25, 0.3) is 0 Å². The standard InChI is InChI=1S/C13H21N5O/c14-12(15)11-13(17-7-6-16-11)18(8-9-19)10-4-2-1-3-5-10/h6-7,10,19H,1-5,8-9H2,(H3,14,15). The van der Waals surface area contributed by atoms with Gasteiger partial charge in [0, 0.05) is 25.0 Å². The van der Waals surface area contributed by atoms with Crippen molar-refractivity contribution in [1.29, 1.82) is 5.41 Å². The summed E-state index contributed by atoms with van der Waals surface area (Å²) in [7, 11) is 0. The van der Waals surface area contributed by atoms with Gasteiger partial charge in [-0.3, -0.25) is 5.41 Å². The topological polar surface area (TPSA) is 99.1 Å². The summed E-state index contributed by atoms with van der Waals surface area (Å²) in [6, 6.07) is 0.357. The zero-order chi connectivity index (χ0) is 13.7. The highest BCUT2D eigenvalue weighted by Gasteiger charge is 2.25.